The first kappa shape index (κ1) is 11.7. The Labute approximate surface area is 103 Å². The lowest BCUT2D eigenvalue weighted by atomic mass is 10.2. The van der Waals surface area contributed by atoms with E-state index in [9.17, 15) is 4.21 Å². The highest BCUT2D eigenvalue weighted by Gasteiger charge is 2.13. The molecule has 0 aromatic heterocycles. The topological polar surface area (TPSA) is 26.3 Å². The molecule has 0 spiro atoms. The minimum Gasteiger partial charge on any atom is -0.497 e. The standard InChI is InChI=1S/C12H14O2S2/c1-14-11-5-3-10(4-6-11)9-12-15-7-2-8-16(12)13/h3-6,9H,2,7-8H2,1H3/b12-9-. The summed E-state index contributed by atoms with van der Waals surface area (Å²) in [4.78, 5) is 0. The normalized spacial score (nSPS) is 23.3. The van der Waals surface area contributed by atoms with Crippen LogP contribution in [0.15, 0.2) is 28.5 Å². The number of hydrogen-bond donors (Lipinski definition) is 0. The summed E-state index contributed by atoms with van der Waals surface area (Å²) in [5.74, 6) is 2.72. The van der Waals surface area contributed by atoms with Crippen molar-refractivity contribution in [1.29, 1.82) is 0 Å². The fourth-order valence-electron chi connectivity index (χ4n) is 1.47. The van der Waals surface area contributed by atoms with E-state index in [4.69, 9.17) is 4.74 Å². The van der Waals surface area contributed by atoms with E-state index in [0.29, 0.717) is 0 Å². The van der Waals surface area contributed by atoms with Gasteiger partial charge in [0.05, 0.1) is 22.1 Å². The van der Waals surface area contributed by atoms with Gasteiger partial charge in [-0.3, -0.25) is 4.21 Å². The highest BCUT2D eigenvalue weighted by molar-refractivity contribution is 8.17. The molecule has 0 bridgehead atoms. The van der Waals surface area contributed by atoms with Crippen LogP contribution in [0.3, 0.4) is 0 Å². The van der Waals surface area contributed by atoms with Crippen LogP contribution in [0.4, 0.5) is 0 Å². The molecule has 1 aliphatic rings. The Morgan fingerprint density at radius 1 is 1.38 bits per heavy atom. The van der Waals surface area contributed by atoms with Gasteiger partial charge in [0.15, 0.2) is 0 Å². The summed E-state index contributed by atoms with van der Waals surface area (Å²) in [6, 6.07) is 7.81. The molecule has 0 saturated carbocycles. The molecule has 1 saturated heterocycles. The second kappa shape index (κ2) is 5.55. The van der Waals surface area contributed by atoms with Crippen molar-refractivity contribution in [3.05, 3.63) is 34.1 Å². The number of rotatable bonds is 2. The first-order valence-electron chi connectivity index (χ1n) is 5.16. The van der Waals surface area contributed by atoms with Crippen LogP contribution < -0.4 is 4.74 Å². The molecule has 0 radical (unpaired) electrons. The van der Waals surface area contributed by atoms with E-state index < -0.39 is 10.8 Å². The summed E-state index contributed by atoms with van der Waals surface area (Å²) in [6.45, 7) is 0. The van der Waals surface area contributed by atoms with E-state index in [1.807, 2.05) is 30.3 Å². The van der Waals surface area contributed by atoms with E-state index in [2.05, 4.69) is 0 Å². The molecule has 0 aliphatic carbocycles. The second-order valence-corrected chi connectivity index (χ2v) is 6.42. The third kappa shape index (κ3) is 2.89. The van der Waals surface area contributed by atoms with Crippen LogP contribution in [-0.2, 0) is 10.8 Å². The van der Waals surface area contributed by atoms with Gasteiger partial charge in [0.1, 0.15) is 5.75 Å². The summed E-state index contributed by atoms with van der Waals surface area (Å²) in [7, 11) is 0.859. The van der Waals surface area contributed by atoms with Gasteiger partial charge in [0, 0.05) is 5.75 Å². The zero-order valence-electron chi connectivity index (χ0n) is 9.14. The molecule has 1 unspecified atom stereocenters. The number of ether oxygens (including phenoxy) is 1. The average Bonchev–Trinajstić information content (AvgIpc) is 2.33. The molecule has 1 fully saturated rings. The minimum absolute atomic E-state index is 0.793. The maximum absolute atomic E-state index is 11.7. The van der Waals surface area contributed by atoms with Gasteiger partial charge in [-0.15, -0.1) is 11.8 Å². The van der Waals surface area contributed by atoms with E-state index >= 15 is 0 Å². The Kier molecular flexibility index (Phi) is 4.07. The second-order valence-electron chi connectivity index (χ2n) is 3.49. The Hall–Kier alpha value is -0.740. The lowest BCUT2D eigenvalue weighted by Crippen LogP contribution is -2.06. The third-order valence-corrected chi connectivity index (χ3v) is 5.38. The maximum atomic E-state index is 11.7. The van der Waals surface area contributed by atoms with Crippen molar-refractivity contribution in [1.82, 2.24) is 0 Å². The van der Waals surface area contributed by atoms with Crippen molar-refractivity contribution < 1.29 is 8.95 Å². The van der Waals surface area contributed by atoms with Gasteiger partial charge in [-0.1, -0.05) is 12.1 Å². The molecular weight excluding hydrogens is 240 g/mol. The smallest absolute Gasteiger partial charge is 0.118 e. The molecule has 1 aromatic carbocycles. The molecular formula is C12H14O2S2. The monoisotopic (exact) mass is 254 g/mol. The molecule has 0 amide bonds. The van der Waals surface area contributed by atoms with E-state index in [-0.39, 0.29) is 0 Å². The SMILES string of the molecule is COc1ccc(/C=C2/SCCCS2=O)cc1. The molecule has 1 atom stereocenters. The first-order valence-corrected chi connectivity index (χ1v) is 7.47. The van der Waals surface area contributed by atoms with Crippen molar-refractivity contribution >= 4 is 28.6 Å². The number of methoxy groups -OCH3 is 1. The first-order chi connectivity index (χ1) is 7.79. The van der Waals surface area contributed by atoms with E-state index in [0.717, 1.165) is 33.5 Å². The Morgan fingerprint density at radius 3 is 2.75 bits per heavy atom. The molecule has 16 heavy (non-hydrogen) atoms. The largest absolute Gasteiger partial charge is 0.497 e. The van der Waals surface area contributed by atoms with Crippen molar-refractivity contribution in [2.45, 2.75) is 6.42 Å². The summed E-state index contributed by atoms with van der Waals surface area (Å²) in [5.41, 5.74) is 1.08. The predicted molar refractivity (Wildman–Crippen MR) is 71.1 cm³/mol. The summed E-state index contributed by atoms with van der Waals surface area (Å²) < 4.78 is 17.8. The molecule has 4 heteroatoms. The lowest BCUT2D eigenvalue weighted by molar-refractivity contribution is 0.415. The van der Waals surface area contributed by atoms with Gasteiger partial charge >= 0.3 is 0 Å². The van der Waals surface area contributed by atoms with Gasteiger partial charge < -0.3 is 4.74 Å². The molecule has 2 nitrogen and oxygen atoms in total. The highest BCUT2D eigenvalue weighted by Crippen LogP contribution is 2.28. The molecule has 1 heterocycles. The van der Waals surface area contributed by atoms with Crippen molar-refractivity contribution in [2.75, 3.05) is 18.6 Å². The van der Waals surface area contributed by atoms with Crippen LogP contribution in [0.1, 0.15) is 12.0 Å². The van der Waals surface area contributed by atoms with Crippen molar-refractivity contribution in [2.24, 2.45) is 0 Å². The zero-order valence-corrected chi connectivity index (χ0v) is 10.8. The van der Waals surface area contributed by atoms with Crippen LogP contribution in [0.5, 0.6) is 5.75 Å². The third-order valence-electron chi connectivity index (χ3n) is 2.34. The fraction of sp³-hybridized carbons (Fsp3) is 0.333. The Bertz CT molecular complexity index is 410. The van der Waals surface area contributed by atoms with Crippen LogP contribution >= 0.6 is 11.8 Å². The Morgan fingerprint density at radius 2 is 2.12 bits per heavy atom. The van der Waals surface area contributed by atoms with Crippen LogP contribution in [0.2, 0.25) is 0 Å². The Balaban J connectivity index is 2.17. The number of thioether (sulfide) groups is 1. The van der Waals surface area contributed by atoms with E-state index in [1.165, 1.54) is 0 Å². The highest BCUT2D eigenvalue weighted by atomic mass is 32.2. The van der Waals surface area contributed by atoms with Crippen LogP contribution in [0, 0.1) is 0 Å². The van der Waals surface area contributed by atoms with Crippen LogP contribution in [0.25, 0.3) is 6.08 Å². The lowest BCUT2D eigenvalue weighted by Gasteiger charge is -2.12. The van der Waals surface area contributed by atoms with Gasteiger partial charge in [-0.05, 0) is 35.9 Å². The quantitative estimate of drug-likeness (QED) is 0.812. The zero-order chi connectivity index (χ0) is 11.4. The van der Waals surface area contributed by atoms with Gasteiger partial charge in [-0.2, -0.15) is 0 Å². The van der Waals surface area contributed by atoms with Crippen molar-refractivity contribution in [3.63, 3.8) is 0 Å². The summed E-state index contributed by atoms with van der Waals surface area (Å²) >= 11 is 1.71. The summed E-state index contributed by atoms with van der Waals surface area (Å²) in [5, 5.41) is 0. The van der Waals surface area contributed by atoms with Gasteiger partial charge in [-0.25, -0.2) is 0 Å². The maximum Gasteiger partial charge on any atom is 0.118 e. The number of benzene rings is 1. The molecule has 1 aliphatic heterocycles. The summed E-state index contributed by atoms with van der Waals surface area (Å²) in [6.07, 6.45) is 3.07. The predicted octanol–water partition coefficient (Wildman–Crippen LogP) is 2.88. The molecule has 2 rings (SSSR count). The van der Waals surface area contributed by atoms with Crippen molar-refractivity contribution in [3.8, 4) is 5.75 Å². The minimum atomic E-state index is -0.793. The fourth-order valence-corrected chi connectivity index (χ4v) is 4.27. The van der Waals surface area contributed by atoms with E-state index in [1.54, 1.807) is 18.9 Å². The number of hydrogen-bond acceptors (Lipinski definition) is 3. The molecule has 0 N–H and O–H groups in total. The van der Waals surface area contributed by atoms with Crippen LogP contribution in [-0.4, -0.2) is 22.8 Å². The van der Waals surface area contributed by atoms with Gasteiger partial charge in [0.2, 0.25) is 0 Å². The molecule has 1 aromatic rings. The molecule has 86 valence electrons. The van der Waals surface area contributed by atoms with Gasteiger partial charge in [0.25, 0.3) is 0 Å². The average molecular weight is 254 g/mol.